The molecule has 0 fully saturated rings. The molecule has 0 amide bonds. The van der Waals surface area contributed by atoms with Crippen molar-refractivity contribution in [1.82, 2.24) is 0 Å². The third-order valence-corrected chi connectivity index (χ3v) is 3.68. The van der Waals surface area contributed by atoms with Crippen molar-refractivity contribution < 1.29 is 23.4 Å². The lowest BCUT2D eigenvalue weighted by Crippen LogP contribution is -2.00. The van der Waals surface area contributed by atoms with Crippen molar-refractivity contribution in [1.29, 1.82) is 0 Å². The molecule has 0 radical (unpaired) electrons. The fraction of sp³-hybridized carbons (Fsp3) is 0.0714. The van der Waals surface area contributed by atoms with E-state index >= 15 is 0 Å². The molecule has 0 atom stereocenters. The second-order valence-electron chi connectivity index (χ2n) is 3.83. The quantitative estimate of drug-likeness (QED) is 0.931. The van der Waals surface area contributed by atoms with Crippen molar-refractivity contribution in [3.63, 3.8) is 0 Å². The van der Waals surface area contributed by atoms with E-state index in [1.807, 2.05) is 0 Å². The average molecular weight is 296 g/mol. The first-order valence-corrected chi connectivity index (χ1v) is 6.37. The van der Waals surface area contributed by atoms with E-state index in [1.165, 1.54) is 7.11 Å². The fourth-order valence-electron chi connectivity index (χ4n) is 1.59. The van der Waals surface area contributed by atoms with Gasteiger partial charge < -0.3 is 9.84 Å². The fourth-order valence-corrected chi connectivity index (χ4v) is 2.53. The monoisotopic (exact) mass is 296 g/mol. The zero-order valence-corrected chi connectivity index (χ0v) is 11.2. The molecule has 0 aliphatic heterocycles. The van der Waals surface area contributed by atoms with Crippen molar-refractivity contribution in [2.24, 2.45) is 0 Å². The molecule has 0 aromatic heterocycles. The number of rotatable bonds is 4. The van der Waals surface area contributed by atoms with Gasteiger partial charge in [-0.25, -0.2) is 13.6 Å². The summed E-state index contributed by atoms with van der Waals surface area (Å²) in [5.74, 6) is -2.73. The normalized spacial score (nSPS) is 10.3. The van der Waals surface area contributed by atoms with Crippen LogP contribution < -0.4 is 4.74 Å². The minimum absolute atomic E-state index is 0.264. The molecule has 20 heavy (non-hydrogen) atoms. The second-order valence-corrected chi connectivity index (χ2v) is 4.88. The van der Waals surface area contributed by atoms with Crippen molar-refractivity contribution in [2.45, 2.75) is 9.79 Å². The highest BCUT2D eigenvalue weighted by atomic mass is 32.2. The van der Waals surface area contributed by atoms with E-state index in [2.05, 4.69) is 0 Å². The highest BCUT2D eigenvalue weighted by Crippen LogP contribution is 2.37. The van der Waals surface area contributed by atoms with Crippen molar-refractivity contribution in [3.8, 4) is 5.75 Å². The number of hydrogen-bond donors (Lipinski definition) is 1. The highest BCUT2D eigenvalue weighted by molar-refractivity contribution is 7.99. The van der Waals surface area contributed by atoms with Crippen LogP contribution in [0.1, 0.15) is 10.4 Å². The molecule has 6 heteroatoms. The first kappa shape index (κ1) is 14.3. The molecule has 0 aliphatic rings. The number of methoxy groups -OCH3 is 1. The third kappa shape index (κ3) is 2.91. The van der Waals surface area contributed by atoms with Gasteiger partial charge in [0.25, 0.3) is 0 Å². The lowest BCUT2D eigenvalue weighted by atomic mass is 10.2. The lowest BCUT2D eigenvalue weighted by molar-refractivity contribution is 0.0695. The van der Waals surface area contributed by atoms with Crippen LogP contribution in [0.5, 0.6) is 5.75 Å². The lowest BCUT2D eigenvalue weighted by Gasteiger charge is -2.09. The van der Waals surface area contributed by atoms with Gasteiger partial charge in [-0.2, -0.15) is 0 Å². The number of hydrogen-bond acceptors (Lipinski definition) is 3. The minimum atomic E-state index is -1.38. The van der Waals surface area contributed by atoms with Gasteiger partial charge in [0, 0.05) is 0 Å². The van der Waals surface area contributed by atoms with Crippen LogP contribution in [0, 0.1) is 11.6 Å². The maximum Gasteiger partial charge on any atom is 0.335 e. The summed E-state index contributed by atoms with van der Waals surface area (Å²) in [5.41, 5.74) is -0.427. The number of para-hydroxylation sites is 1. The molecular formula is C14H10F2O3S. The average Bonchev–Trinajstić information content (AvgIpc) is 2.42. The molecule has 0 saturated carbocycles. The van der Waals surface area contributed by atoms with Gasteiger partial charge in [-0.05, 0) is 24.3 Å². The van der Waals surface area contributed by atoms with Crippen LogP contribution in [0.4, 0.5) is 8.78 Å². The zero-order valence-electron chi connectivity index (χ0n) is 10.4. The molecule has 0 spiro atoms. The summed E-state index contributed by atoms with van der Waals surface area (Å²) in [5, 5.41) is 8.74. The molecule has 2 rings (SSSR count). The number of carboxylic acid groups (broad SMARTS) is 1. The first-order valence-electron chi connectivity index (χ1n) is 5.56. The predicted molar refractivity (Wildman–Crippen MR) is 70.4 cm³/mol. The van der Waals surface area contributed by atoms with Gasteiger partial charge in [0.1, 0.15) is 17.4 Å². The number of aromatic carboxylic acids is 1. The van der Waals surface area contributed by atoms with Gasteiger partial charge >= 0.3 is 5.97 Å². The van der Waals surface area contributed by atoms with E-state index in [-0.39, 0.29) is 4.90 Å². The van der Waals surface area contributed by atoms with Crippen LogP contribution >= 0.6 is 11.8 Å². The van der Waals surface area contributed by atoms with Gasteiger partial charge in [-0.15, -0.1) is 0 Å². The van der Waals surface area contributed by atoms with E-state index in [1.54, 1.807) is 24.3 Å². The Labute approximate surface area is 118 Å². The highest BCUT2D eigenvalue weighted by Gasteiger charge is 2.17. The summed E-state index contributed by atoms with van der Waals surface area (Å²) in [4.78, 5) is 11.0. The van der Waals surface area contributed by atoms with Crippen LogP contribution in [-0.4, -0.2) is 18.2 Å². The Bertz CT molecular complexity index is 636. The van der Waals surface area contributed by atoms with Gasteiger partial charge in [0.2, 0.25) is 0 Å². The van der Waals surface area contributed by atoms with Crippen molar-refractivity contribution in [3.05, 3.63) is 53.6 Å². The summed E-state index contributed by atoms with van der Waals surface area (Å²) < 4.78 is 32.8. The third-order valence-electron chi connectivity index (χ3n) is 2.53. The molecular weight excluding hydrogens is 286 g/mol. The van der Waals surface area contributed by atoms with E-state index in [0.717, 1.165) is 23.9 Å². The van der Waals surface area contributed by atoms with Crippen molar-refractivity contribution in [2.75, 3.05) is 7.11 Å². The molecule has 0 unspecified atom stereocenters. The molecule has 2 aromatic carbocycles. The summed E-state index contributed by atoms with van der Waals surface area (Å²) >= 11 is 0.845. The topological polar surface area (TPSA) is 46.5 Å². The Kier molecular flexibility index (Phi) is 4.24. The minimum Gasteiger partial charge on any atom is -0.496 e. The number of carbonyl (C=O) groups is 1. The first-order chi connectivity index (χ1) is 9.52. The summed E-state index contributed by atoms with van der Waals surface area (Å²) in [6.45, 7) is 0. The summed E-state index contributed by atoms with van der Waals surface area (Å²) in [6.07, 6.45) is 0. The Morgan fingerprint density at radius 1 is 1.20 bits per heavy atom. The van der Waals surface area contributed by atoms with E-state index in [4.69, 9.17) is 9.84 Å². The predicted octanol–water partition coefficient (Wildman–Crippen LogP) is 3.82. The standard InChI is InChI=1S/C14H10F2O3S/c1-19-11-4-2-3-5-12(11)20-13-9(15)6-8(14(17)18)7-10(13)16/h2-7H,1H3,(H,17,18). The van der Waals surface area contributed by atoms with Gasteiger partial charge in [-0.3, -0.25) is 0 Å². The molecule has 1 N–H and O–H groups in total. The Balaban J connectivity index is 2.41. The van der Waals surface area contributed by atoms with Gasteiger partial charge in [0.05, 0.1) is 22.5 Å². The maximum atomic E-state index is 13.8. The Morgan fingerprint density at radius 3 is 2.35 bits per heavy atom. The summed E-state index contributed by atoms with van der Waals surface area (Å²) in [6, 6.07) is 8.37. The molecule has 0 saturated heterocycles. The van der Waals surface area contributed by atoms with E-state index in [0.29, 0.717) is 10.6 Å². The molecule has 0 heterocycles. The zero-order chi connectivity index (χ0) is 14.7. The van der Waals surface area contributed by atoms with Crippen LogP contribution in [0.3, 0.4) is 0 Å². The van der Waals surface area contributed by atoms with Crippen LogP contribution in [-0.2, 0) is 0 Å². The molecule has 0 aliphatic carbocycles. The number of halogens is 2. The molecule has 0 bridgehead atoms. The van der Waals surface area contributed by atoms with Crippen LogP contribution in [0.15, 0.2) is 46.2 Å². The van der Waals surface area contributed by atoms with Gasteiger partial charge in [-0.1, -0.05) is 23.9 Å². The maximum absolute atomic E-state index is 13.8. The van der Waals surface area contributed by atoms with E-state index < -0.39 is 23.2 Å². The van der Waals surface area contributed by atoms with Crippen molar-refractivity contribution >= 4 is 17.7 Å². The summed E-state index contributed by atoms with van der Waals surface area (Å²) in [7, 11) is 1.46. The Morgan fingerprint density at radius 2 is 1.80 bits per heavy atom. The molecule has 104 valence electrons. The largest absolute Gasteiger partial charge is 0.496 e. The number of benzene rings is 2. The SMILES string of the molecule is COc1ccccc1Sc1c(F)cc(C(=O)O)cc1F. The second kappa shape index (κ2) is 5.92. The van der Waals surface area contributed by atoms with Gasteiger partial charge in [0.15, 0.2) is 0 Å². The van der Waals surface area contributed by atoms with Crippen LogP contribution in [0.25, 0.3) is 0 Å². The van der Waals surface area contributed by atoms with E-state index in [9.17, 15) is 13.6 Å². The Hall–Kier alpha value is -2.08. The van der Waals surface area contributed by atoms with Crippen LogP contribution in [0.2, 0.25) is 0 Å². The smallest absolute Gasteiger partial charge is 0.335 e. The number of carboxylic acids is 1. The molecule has 2 aromatic rings. The number of ether oxygens (including phenoxy) is 1. The molecule has 3 nitrogen and oxygen atoms in total.